The topological polar surface area (TPSA) is 119 Å². The normalized spacial score (nSPS) is 13.9. The fourth-order valence-electron chi connectivity index (χ4n) is 3.81. The fourth-order valence-corrected chi connectivity index (χ4v) is 5.30. The maximum Gasteiger partial charge on any atom is 0.314 e. The minimum absolute atomic E-state index is 0.199. The third-order valence-electron chi connectivity index (χ3n) is 5.44. The molecule has 2 amide bonds. The summed E-state index contributed by atoms with van der Waals surface area (Å²) in [4.78, 5) is 25.1. The largest absolute Gasteiger partial charge is 0.496 e. The highest BCUT2D eigenvalue weighted by Crippen LogP contribution is 2.33. The molecule has 10 heteroatoms. The zero-order valence-electron chi connectivity index (χ0n) is 18.3. The van der Waals surface area contributed by atoms with Gasteiger partial charge in [-0.2, -0.15) is 5.10 Å². The predicted octanol–water partition coefficient (Wildman–Crippen LogP) is 1.92. The van der Waals surface area contributed by atoms with Crippen molar-refractivity contribution in [3.63, 3.8) is 0 Å². The zero-order chi connectivity index (χ0) is 23.6. The van der Waals surface area contributed by atoms with Crippen LogP contribution in [0.15, 0.2) is 48.5 Å². The Hall–Kier alpha value is -3.66. The lowest BCUT2D eigenvalue weighted by molar-refractivity contribution is -0.136. The van der Waals surface area contributed by atoms with Gasteiger partial charge in [-0.25, -0.2) is 13.1 Å². The first-order chi connectivity index (χ1) is 15.8. The number of nitrogens with one attached hydrogen (secondary N) is 2. The van der Waals surface area contributed by atoms with Crippen LogP contribution in [0, 0.1) is 6.92 Å². The molecule has 1 aromatic heterocycles. The number of amides is 2. The number of fused-ring (bicyclic) bond motifs is 1. The van der Waals surface area contributed by atoms with E-state index < -0.39 is 21.7 Å². The number of anilines is 1. The van der Waals surface area contributed by atoms with Gasteiger partial charge in [0, 0.05) is 12.1 Å². The quantitative estimate of drug-likeness (QED) is 0.534. The van der Waals surface area contributed by atoms with Crippen LogP contribution in [0.3, 0.4) is 0 Å². The van der Waals surface area contributed by atoms with Crippen LogP contribution in [0.5, 0.6) is 5.75 Å². The lowest BCUT2D eigenvalue weighted by Gasteiger charge is -2.13. The highest BCUT2D eigenvalue weighted by atomic mass is 32.2. The van der Waals surface area contributed by atoms with E-state index in [1.807, 2.05) is 55.5 Å². The number of methoxy groups -OCH3 is 1. The molecular formula is C23H24N4O5S. The van der Waals surface area contributed by atoms with Gasteiger partial charge in [0.05, 0.1) is 30.0 Å². The number of benzene rings is 2. The number of carbonyl (C=O) groups is 2. The van der Waals surface area contributed by atoms with Gasteiger partial charge in [-0.15, -0.1) is 0 Å². The van der Waals surface area contributed by atoms with Crippen LogP contribution in [0.25, 0.3) is 5.69 Å². The molecule has 2 aromatic carbocycles. The molecule has 0 atom stereocenters. The van der Waals surface area contributed by atoms with Crippen molar-refractivity contribution in [2.75, 3.05) is 19.0 Å². The summed E-state index contributed by atoms with van der Waals surface area (Å²) in [7, 11) is -1.77. The van der Waals surface area contributed by atoms with Crippen molar-refractivity contribution < 1.29 is 22.7 Å². The maximum absolute atomic E-state index is 12.7. The van der Waals surface area contributed by atoms with Crippen LogP contribution in [0.4, 0.5) is 5.82 Å². The van der Waals surface area contributed by atoms with Crippen molar-refractivity contribution in [2.45, 2.75) is 24.9 Å². The summed E-state index contributed by atoms with van der Waals surface area (Å²) in [6.07, 6.45) is 0.484. The summed E-state index contributed by atoms with van der Waals surface area (Å²) in [6, 6.07) is 14.8. The zero-order valence-corrected chi connectivity index (χ0v) is 19.1. The lowest BCUT2D eigenvalue weighted by atomic mass is 10.1. The molecule has 0 fully saturated rings. The third-order valence-corrected chi connectivity index (χ3v) is 6.88. The number of ether oxygens (including phenoxy) is 1. The van der Waals surface area contributed by atoms with Crippen molar-refractivity contribution in [2.24, 2.45) is 0 Å². The van der Waals surface area contributed by atoms with Crippen molar-refractivity contribution in [3.8, 4) is 11.4 Å². The fraction of sp³-hybridized carbons (Fsp3) is 0.261. The van der Waals surface area contributed by atoms with Gasteiger partial charge in [0.15, 0.2) is 9.84 Å². The molecule has 9 nitrogen and oxygen atoms in total. The van der Waals surface area contributed by atoms with Crippen molar-refractivity contribution in [1.82, 2.24) is 15.1 Å². The van der Waals surface area contributed by atoms with E-state index in [2.05, 4.69) is 15.7 Å². The molecule has 3 aromatic rings. The van der Waals surface area contributed by atoms with E-state index in [-0.39, 0.29) is 23.9 Å². The monoisotopic (exact) mass is 468 g/mol. The molecular weight excluding hydrogens is 444 g/mol. The Morgan fingerprint density at radius 1 is 1.06 bits per heavy atom. The molecule has 2 N–H and O–H groups in total. The third kappa shape index (κ3) is 4.75. The Bertz CT molecular complexity index is 1330. The summed E-state index contributed by atoms with van der Waals surface area (Å²) in [5.74, 6) is -1.25. The molecule has 1 aliphatic heterocycles. The molecule has 172 valence electrons. The Morgan fingerprint density at radius 2 is 1.79 bits per heavy atom. The van der Waals surface area contributed by atoms with Crippen molar-refractivity contribution in [3.05, 3.63) is 70.9 Å². The van der Waals surface area contributed by atoms with E-state index in [1.54, 1.807) is 7.11 Å². The summed E-state index contributed by atoms with van der Waals surface area (Å²) in [5, 5.41) is 9.61. The van der Waals surface area contributed by atoms with E-state index in [0.29, 0.717) is 29.1 Å². The number of hydrogen-bond acceptors (Lipinski definition) is 6. The minimum Gasteiger partial charge on any atom is -0.496 e. The summed E-state index contributed by atoms with van der Waals surface area (Å²) >= 11 is 0. The second kappa shape index (κ2) is 9.07. The van der Waals surface area contributed by atoms with Crippen LogP contribution in [0.2, 0.25) is 0 Å². The number of carbonyl (C=O) groups excluding carboxylic acids is 2. The van der Waals surface area contributed by atoms with Gasteiger partial charge in [0.25, 0.3) is 0 Å². The molecule has 2 heterocycles. The van der Waals surface area contributed by atoms with Crippen LogP contribution in [-0.2, 0) is 37.4 Å². The van der Waals surface area contributed by atoms with E-state index in [4.69, 9.17) is 4.74 Å². The smallest absolute Gasteiger partial charge is 0.314 e. The second-order valence-corrected chi connectivity index (χ2v) is 9.84. The summed E-state index contributed by atoms with van der Waals surface area (Å²) in [6.45, 7) is 2.12. The average molecular weight is 469 g/mol. The first kappa shape index (κ1) is 22.5. The van der Waals surface area contributed by atoms with Gasteiger partial charge in [-0.1, -0.05) is 36.4 Å². The SMILES string of the molecule is COc1ccccc1CCNC(=O)C(=O)Nc1c2c(nn1-c1ccccc1C)CS(=O)(=O)C2. The molecule has 0 unspecified atom stereocenters. The molecule has 0 radical (unpaired) electrons. The van der Waals surface area contributed by atoms with Gasteiger partial charge < -0.3 is 15.4 Å². The molecule has 0 saturated heterocycles. The van der Waals surface area contributed by atoms with Gasteiger partial charge in [0.1, 0.15) is 11.6 Å². The first-order valence-corrected chi connectivity index (χ1v) is 12.2. The van der Waals surface area contributed by atoms with Gasteiger partial charge >= 0.3 is 11.8 Å². The van der Waals surface area contributed by atoms with E-state index in [0.717, 1.165) is 11.1 Å². The Kier molecular flexibility index (Phi) is 6.19. The van der Waals surface area contributed by atoms with Crippen LogP contribution < -0.4 is 15.4 Å². The van der Waals surface area contributed by atoms with Crippen LogP contribution in [-0.4, -0.2) is 43.7 Å². The summed E-state index contributed by atoms with van der Waals surface area (Å²) < 4.78 is 31.0. The van der Waals surface area contributed by atoms with Gasteiger partial charge in [-0.3, -0.25) is 9.59 Å². The van der Waals surface area contributed by atoms with Crippen molar-refractivity contribution in [1.29, 1.82) is 0 Å². The molecule has 0 aliphatic carbocycles. The molecule has 33 heavy (non-hydrogen) atoms. The molecule has 0 spiro atoms. The van der Waals surface area contributed by atoms with E-state index in [9.17, 15) is 18.0 Å². The summed E-state index contributed by atoms with van der Waals surface area (Å²) in [5.41, 5.74) is 3.27. The number of para-hydroxylation sites is 2. The highest BCUT2D eigenvalue weighted by Gasteiger charge is 2.34. The lowest BCUT2D eigenvalue weighted by Crippen LogP contribution is -2.37. The standard InChI is InChI=1S/C23H24N4O5S/c1-15-7-3-5-9-19(15)27-21(17-13-33(30,31)14-18(17)26-27)25-23(29)22(28)24-12-11-16-8-4-6-10-20(16)32-2/h3-10H,11-14H2,1-2H3,(H,24,28)(H,25,29). The molecule has 1 aliphatic rings. The Balaban J connectivity index is 1.51. The maximum atomic E-state index is 12.7. The number of hydrogen-bond donors (Lipinski definition) is 2. The van der Waals surface area contributed by atoms with Crippen LogP contribution in [0.1, 0.15) is 22.4 Å². The van der Waals surface area contributed by atoms with E-state index >= 15 is 0 Å². The predicted molar refractivity (Wildman–Crippen MR) is 123 cm³/mol. The number of aryl methyl sites for hydroxylation is 1. The number of sulfone groups is 1. The first-order valence-electron chi connectivity index (χ1n) is 10.4. The molecule has 4 rings (SSSR count). The number of nitrogens with zero attached hydrogens (tertiary/aromatic N) is 2. The van der Waals surface area contributed by atoms with Gasteiger partial charge in [-0.05, 0) is 36.6 Å². The van der Waals surface area contributed by atoms with E-state index in [1.165, 1.54) is 4.68 Å². The number of rotatable bonds is 6. The minimum atomic E-state index is -3.34. The average Bonchev–Trinajstić information content (AvgIpc) is 3.26. The second-order valence-electron chi connectivity index (χ2n) is 7.78. The molecule has 0 bridgehead atoms. The highest BCUT2D eigenvalue weighted by molar-refractivity contribution is 7.90. The van der Waals surface area contributed by atoms with Crippen molar-refractivity contribution >= 4 is 27.5 Å². The van der Waals surface area contributed by atoms with Crippen LogP contribution >= 0.6 is 0 Å². The van der Waals surface area contributed by atoms with Gasteiger partial charge in [0.2, 0.25) is 0 Å². The number of aromatic nitrogens is 2. The Labute approximate surface area is 191 Å². The Morgan fingerprint density at radius 3 is 2.55 bits per heavy atom. The molecule has 0 saturated carbocycles.